The molecule has 0 amide bonds. The number of hydrogen-bond acceptors (Lipinski definition) is 4. The van der Waals surface area contributed by atoms with Gasteiger partial charge in [-0.2, -0.15) is 0 Å². The largest absolute Gasteiger partial charge is 0.497 e. The minimum Gasteiger partial charge on any atom is -0.497 e. The number of nitrogens with zero attached hydrogens (tertiary/aromatic N) is 1. The Morgan fingerprint density at radius 1 is 1.10 bits per heavy atom. The van der Waals surface area contributed by atoms with Crippen molar-refractivity contribution in [1.29, 1.82) is 0 Å². The summed E-state index contributed by atoms with van der Waals surface area (Å²) >= 11 is 0. The average Bonchev–Trinajstić information content (AvgIpc) is 2.54. The number of ether oxygens (including phenoxy) is 2. The lowest BCUT2D eigenvalue weighted by molar-refractivity contribution is 0.304. The van der Waals surface area contributed by atoms with Crippen molar-refractivity contribution in [2.75, 3.05) is 7.11 Å². The number of rotatable bonds is 7. The molecule has 1 aromatic carbocycles. The molecule has 1 atom stereocenters. The highest BCUT2D eigenvalue weighted by Crippen LogP contribution is 2.15. The summed E-state index contributed by atoms with van der Waals surface area (Å²) in [4.78, 5) is 4.38. The molecule has 1 heterocycles. The van der Waals surface area contributed by atoms with Gasteiger partial charge in [-0.3, -0.25) is 4.98 Å². The lowest BCUT2D eigenvalue weighted by atomic mass is 10.1. The van der Waals surface area contributed by atoms with E-state index >= 15 is 0 Å². The quantitative estimate of drug-likeness (QED) is 0.850. The number of pyridine rings is 1. The van der Waals surface area contributed by atoms with Gasteiger partial charge in [-0.25, -0.2) is 0 Å². The minimum absolute atomic E-state index is 0.170. The van der Waals surface area contributed by atoms with E-state index in [9.17, 15) is 0 Å². The van der Waals surface area contributed by atoms with Gasteiger partial charge in [0.25, 0.3) is 0 Å². The van der Waals surface area contributed by atoms with Crippen molar-refractivity contribution in [1.82, 2.24) is 4.98 Å². The predicted octanol–water partition coefficient (Wildman–Crippen LogP) is 2.95. The van der Waals surface area contributed by atoms with E-state index in [0.717, 1.165) is 35.6 Å². The van der Waals surface area contributed by atoms with E-state index in [-0.39, 0.29) is 6.04 Å². The van der Waals surface area contributed by atoms with E-state index in [2.05, 4.69) is 11.9 Å². The molecule has 1 unspecified atom stereocenters. The summed E-state index contributed by atoms with van der Waals surface area (Å²) in [6.07, 6.45) is 3.51. The number of nitrogens with two attached hydrogens (primary N) is 1. The van der Waals surface area contributed by atoms with E-state index < -0.39 is 0 Å². The molecule has 2 rings (SSSR count). The van der Waals surface area contributed by atoms with Gasteiger partial charge in [-0.15, -0.1) is 0 Å². The van der Waals surface area contributed by atoms with E-state index in [1.807, 2.05) is 36.4 Å². The Hall–Kier alpha value is -2.07. The van der Waals surface area contributed by atoms with Gasteiger partial charge in [0, 0.05) is 18.2 Å². The fourth-order valence-corrected chi connectivity index (χ4v) is 1.92. The van der Waals surface area contributed by atoms with Gasteiger partial charge < -0.3 is 15.2 Å². The van der Waals surface area contributed by atoms with Crippen LogP contribution in [0.3, 0.4) is 0 Å². The first kappa shape index (κ1) is 15.3. The third kappa shape index (κ3) is 4.76. The first-order valence-electron chi connectivity index (χ1n) is 7.17. The predicted molar refractivity (Wildman–Crippen MR) is 83.5 cm³/mol. The number of aromatic nitrogens is 1. The number of benzene rings is 1. The van der Waals surface area contributed by atoms with Gasteiger partial charge in [0.2, 0.25) is 0 Å². The Labute approximate surface area is 125 Å². The average molecular weight is 286 g/mol. The van der Waals surface area contributed by atoms with Crippen LogP contribution in [-0.2, 0) is 13.0 Å². The maximum atomic E-state index is 5.92. The molecule has 4 nitrogen and oxygen atoms in total. The topological polar surface area (TPSA) is 57.4 Å². The highest BCUT2D eigenvalue weighted by molar-refractivity contribution is 5.27. The lowest BCUT2D eigenvalue weighted by Crippen LogP contribution is -2.21. The molecule has 21 heavy (non-hydrogen) atoms. The normalized spacial score (nSPS) is 12.0. The van der Waals surface area contributed by atoms with Crippen LogP contribution in [0.1, 0.15) is 24.6 Å². The number of methoxy groups -OCH3 is 1. The monoisotopic (exact) mass is 286 g/mol. The summed E-state index contributed by atoms with van der Waals surface area (Å²) in [5.41, 5.74) is 8.01. The van der Waals surface area contributed by atoms with Gasteiger partial charge in [0.1, 0.15) is 18.1 Å². The van der Waals surface area contributed by atoms with Gasteiger partial charge in [0.15, 0.2) is 0 Å². The standard InChI is InChI=1S/C17H22N2O2/c1-3-14(18)10-15-6-9-17(11-19-15)21-12-13-4-7-16(20-2)8-5-13/h4-9,11,14H,3,10,12,18H2,1-2H3. The summed E-state index contributed by atoms with van der Waals surface area (Å²) in [5, 5.41) is 0. The maximum Gasteiger partial charge on any atom is 0.138 e. The van der Waals surface area contributed by atoms with E-state index in [0.29, 0.717) is 6.61 Å². The maximum absolute atomic E-state index is 5.92. The van der Waals surface area contributed by atoms with Crippen LogP contribution in [0.25, 0.3) is 0 Å². The van der Waals surface area contributed by atoms with Crippen LogP contribution in [0, 0.1) is 0 Å². The van der Waals surface area contributed by atoms with Crippen LogP contribution in [0.4, 0.5) is 0 Å². The van der Waals surface area contributed by atoms with Crippen molar-refractivity contribution in [2.45, 2.75) is 32.4 Å². The Balaban J connectivity index is 1.88. The second kappa shape index (κ2) is 7.64. The lowest BCUT2D eigenvalue weighted by Gasteiger charge is -2.09. The molecular weight excluding hydrogens is 264 g/mol. The Kier molecular flexibility index (Phi) is 5.58. The molecule has 2 N–H and O–H groups in total. The molecule has 1 aromatic heterocycles. The summed E-state index contributed by atoms with van der Waals surface area (Å²) in [5.74, 6) is 1.61. The first-order valence-corrected chi connectivity index (χ1v) is 7.17. The Morgan fingerprint density at radius 3 is 2.38 bits per heavy atom. The molecule has 112 valence electrons. The fourth-order valence-electron chi connectivity index (χ4n) is 1.92. The van der Waals surface area contributed by atoms with Crippen molar-refractivity contribution in [3.63, 3.8) is 0 Å². The van der Waals surface area contributed by atoms with Crippen LogP contribution in [0.5, 0.6) is 11.5 Å². The second-order valence-electron chi connectivity index (χ2n) is 4.99. The fraction of sp³-hybridized carbons (Fsp3) is 0.353. The zero-order valence-electron chi connectivity index (χ0n) is 12.6. The van der Waals surface area contributed by atoms with Crippen molar-refractivity contribution in [3.05, 3.63) is 53.9 Å². The molecule has 0 spiro atoms. The van der Waals surface area contributed by atoms with Crippen molar-refractivity contribution >= 4 is 0 Å². The Morgan fingerprint density at radius 2 is 1.81 bits per heavy atom. The summed E-state index contributed by atoms with van der Waals surface area (Å²) in [7, 11) is 1.66. The molecule has 0 aliphatic rings. The molecule has 0 fully saturated rings. The summed E-state index contributed by atoms with van der Waals surface area (Å²) in [6, 6.07) is 11.9. The van der Waals surface area contributed by atoms with Crippen LogP contribution < -0.4 is 15.2 Å². The van der Waals surface area contributed by atoms with Crippen LogP contribution in [0.2, 0.25) is 0 Å². The van der Waals surface area contributed by atoms with Gasteiger partial charge >= 0.3 is 0 Å². The Bertz CT molecular complexity index is 538. The van der Waals surface area contributed by atoms with Crippen molar-refractivity contribution < 1.29 is 9.47 Å². The SMILES string of the molecule is CCC(N)Cc1ccc(OCc2ccc(OC)cc2)cn1. The molecular formula is C17H22N2O2. The molecule has 0 aliphatic carbocycles. The molecule has 4 heteroatoms. The summed E-state index contributed by atoms with van der Waals surface area (Å²) in [6.45, 7) is 2.59. The third-order valence-corrected chi connectivity index (χ3v) is 3.36. The molecule has 0 aliphatic heterocycles. The minimum atomic E-state index is 0.170. The van der Waals surface area contributed by atoms with Crippen LogP contribution >= 0.6 is 0 Å². The van der Waals surface area contributed by atoms with E-state index in [1.165, 1.54) is 0 Å². The second-order valence-corrected chi connectivity index (χ2v) is 4.99. The van der Waals surface area contributed by atoms with Gasteiger partial charge in [-0.05, 0) is 36.2 Å². The zero-order valence-corrected chi connectivity index (χ0v) is 12.6. The van der Waals surface area contributed by atoms with Gasteiger partial charge in [-0.1, -0.05) is 19.1 Å². The molecule has 0 radical (unpaired) electrons. The molecule has 2 aromatic rings. The third-order valence-electron chi connectivity index (χ3n) is 3.36. The van der Waals surface area contributed by atoms with Crippen LogP contribution in [-0.4, -0.2) is 18.1 Å². The summed E-state index contributed by atoms with van der Waals surface area (Å²) < 4.78 is 10.8. The van der Waals surface area contributed by atoms with Crippen molar-refractivity contribution in [2.24, 2.45) is 5.73 Å². The molecule has 0 saturated carbocycles. The molecule has 0 saturated heterocycles. The highest BCUT2D eigenvalue weighted by atomic mass is 16.5. The first-order chi connectivity index (χ1) is 10.2. The van der Waals surface area contributed by atoms with E-state index in [4.69, 9.17) is 15.2 Å². The van der Waals surface area contributed by atoms with Gasteiger partial charge in [0.05, 0.1) is 13.3 Å². The smallest absolute Gasteiger partial charge is 0.138 e. The van der Waals surface area contributed by atoms with E-state index in [1.54, 1.807) is 13.3 Å². The van der Waals surface area contributed by atoms with Crippen molar-refractivity contribution in [3.8, 4) is 11.5 Å². The highest BCUT2D eigenvalue weighted by Gasteiger charge is 2.03. The number of hydrogen-bond donors (Lipinski definition) is 1. The molecule has 0 bridgehead atoms. The van der Waals surface area contributed by atoms with Crippen LogP contribution in [0.15, 0.2) is 42.6 Å². The zero-order chi connectivity index (χ0) is 15.1.